The van der Waals surface area contributed by atoms with E-state index in [2.05, 4.69) is 36.0 Å². The molecule has 9 nitrogen and oxygen atoms in total. The lowest BCUT2D eigenvalue weighted by atomic mass is 10.3. The Morgan fingerprint density at radius 3 is 2.84 bits per heavy atom. The van der Waals surface area contributed by atoms with Crippen LogP contribution in [-0.4, -0.2) is 59.3 Å². The van der Waals surface area contributed by atoms with Gasteiger partial charge in [0, 0.05) is 44.6 Å². The Bertz CT molecular complexity index is 690. The molecule has 1 aliphatic rings. The van der Waals surface area contributed by atoms with Crippen LogP contribution in [0.15, 0.2) is 36.7 Å². The highest BCUT2D eigenvalue weighted by molar-refractivity contribution is 5.92. The van der Waals surface area contributed by atoms with E-state index in [0.29, 0.717) is 18.8 Å². The van der Waals surface area contributed by atoms with Crippen LogP contribution < -0.4 is 20.9 Å². The fourth-order valence-corrected chi connectivity index (χ4v) is 2.69. The number of anilines is 1. The Balaban J connectivity index is 1.32. The second kappa shape index (κ2) is 8.13. The Morgan fingerprint density at radius 2 is 2.08 bits per heavy atom. The van der Waals surface area contributed by atoms with Crippen LogP contribution in [0.2, 0.25) is 0 Å². The predicted octanol–water partition coefficient (Wildman–Crippen LogP) is 0.113. The van der Waals surface area contributed by atoms with Gasteiger partial charge in [0.15, 0.2) is 0 Å². The first-order valence-electron chi connectivity index (χ1n) is 8.20. The number of aromatic amines is 1. The maximum Gasteiger partial charge on any atom is 0.315 e. The molecule has 9 heteroatoms. The van der Waals surface area contributed by atoms with E-state index in [4.69, 9.17) is 0 Å². The summed E-state index contributed by atoms with van der Waals surface area (Å²) in [6, 6.07) is 7.24. The Hall–Kier alpha value is -3.10. The number of H-pyrrole nitrogens is 1. The van der Waals surface area contributed by atoms with Crippen molar-refractivity contribution in [3.63, 3.8) is 0 Å². The van der Waals surface area contributed by atoms with E-state index in [1.165, 1.54) is 6.20 Å². The molecule has 1 unspecified atom stereocenters. The number of carbonyl (C=O) groups is 2. The number of urea groups is 1. The molecule has 0 radical (unpaired) electrons. The maximum absolute atomic E-state index is 11.9. The van der Waals surface area contributed by atoms with E-state index < -0.39 is 0 Å². The molecular weight excluding hydrogens is 322 g/mol. The van der Waals surface area contributed by atoms with Gasteiger partial charge in [0.05, 0.1) is 0 Å². The molecule has 0 spiro atoms. The summed E-state index contributed by atoms with van der Waals surface area (Å²) >= 11 is 0. The third-order valence-corrected chi connectivity index (χ3v) is 3.94. The van der Waals surface area contributed by atoms with Gasteiger partial charge >= 0.3 is 6.03 Å². The summed E-state index contributed by atoms with van der Waals surface area (Å²) in [4.78, 5) is 30.1. The van der Waals surface area contributed by atoms with Gasteiger partial charge in [-0.05, 0) is 24.6 Å². The van der Waals surface area contributed by atoms with E-state index in [-0.39, 0.29) is 18.0 Å². The lowest BCUT2D eigenvalue weighted by molar-refractivity contribution is 0.0949. The van der Waals surface area contributed by atoms with Gasteiger partial charge in [0.25, 0.3) is 5.91 Å². The SMILES string of the molecule is O=C(NCCNC(=O)c1ccn[nH]1)NC1CCN(c2ccccn2)C1. The van der Waals surface area contributed by atoms with Gasteiger partial charge in [-0.2, -0.15) is 5.10 Å². The van der Waals surface area contributed by atoms with Crippen molar-refractivity contribution in [3.8, 4) is 0 Å². The lowest BCUT2D eigenvalue weighted by Crippen LogP contribution is -2.45. The van der Waals surface area contributed by atoms with Crippen LogP contribution in [0.1, 0.15) is 16.9 Å². The fourth-order valence-electron chi connectivity index (χ4n) is 2.69. The molecule has 1 saturated heterocycles. The molecule has 132 valence electrons. The zero-order chi connectivity index (χ0) is 17.5. The Kier molecular flexibility index (Phi) is 5.45. The zero-order valence-electron chi connectivity index (χ0n) is 13.7. The van der Waals surface area contributed by atoms with Crippen molar-refractivity contribution >= 4 is 17.8 Å². The van der Waals surface area contributed by atoms with E-state index >= 15 is 0 Å². The monoisotopic (exact) mass is 343 g/mol. The van der Waals surface area contributed by atoms with Gasteiger partial charge in [0.1, 0.15) is 11.5 Å². The number of rotatable bonds is 6. The van der Waals surface area contributed by atoms with Gasteiger partial charge in [-0.1, -0.05) is 6.07 Å². The van der Waals surface area contributed by atoms with E-state index in [0.717, 1.165) is 25.3 Å². The first-order valence-corrected chi connectivity index (χ1v) is 8.20. The van der Waals surface area contributed by atoms with Gasteiger partial charge in [0.2, 0.25) is 0 Å². The molecule has 0 bridgehead atoms. The summed E-state index contributed by atoms with van der Waals surface area (Å²) in [5, 5.41) is 14.7. The largest absolute Gasteiger partial charge is 0.354 e. The van der Waals surface area contributed by atoms with Gasteiger partial charge in [-0.25, -0.2) is 9.78 Å². The Labute approximate surface area is 145 Å². The van der Waals surface area contributed by atoms with Crippen LogP contribution in [-0.2, 0) is 0 Å². The minimum absolute atomic E-state index is 0.0848. The summed E-state index contributed by atoms with van der Waals surface area (Å²) < 4.78 is 0. The van der Waals surface area contributed by atoms with E-state index in [9.17, 15) is 9.59 Å². The fraction of sp³-hybridized carbons (Fsp3) is 0.375. The number of pyridine rings is 1. The van der Waals surface area contributed by atoms with Crippen LogP contribution in [0.25, 0.3) is 0 Å². The summed E-state index contributed by atoms with van der Waals surface area (Å²) in [5.74, 6) is 0.676. The van der Waals surface area contributed by atoms with Gasteiger partial charge < -0.3 is 20.9 Å². The van der Waals surface area contributed by atoms with Gasteiger partial charge in [-0.3, -0.25) is 9.89 Å². The molecule has 4 N–H and O–H groups in total. The van der Waals surface area contributed by atoms with Crippen molar-refractivity contribution in [1.29, 1.82) is 0 Å². The number of nitrogens with zero attached hydrogens (tertiary/aromatic N) is 3. The summed E-state index contributed by atoms with van der Waals surface area (Å²) in [6.45, 7) is 2.29. The number of hydrogen-bond acceptors (Lipinski definition) is 5. The second-order valence-corrected chi connectivity index (χ2v) is 5.75. The second-order valence-electron chi connectivity index (χ2n) is 5.75. The standard InChI is InChI=1S/C16H21N7O2/c24-15(13-4-7-20-22-13)18-8-9-19-16(25)21-12-5-10-23(11-12)14-3-1-2-6-17-14/h1-4,6-7,12H,5,8-11H2,(H,18,24)(H,20,22)(H2,19,21,25). The number of aromatic nitrogens is 3. The zero-order valence-corrected chi connectivity index (χ0v) is 13.7. The average molecular weight is 343 g/mol. The number of nitrogens with one attached hydrogen (secondary N) is 4. The third-order valence-electron chi connectivity index (χ3n) is 3.94. The van der Waals surface area contributed by atoms with Crippen LogP contribution in [0.4, 0.5) is 10.6 Å². The van der Waals surface area contributed by atoms with Crippen LogP contribution >= 0.6 is 0 Å². The number of hydrogen-bond donors (Lipinski definition) is 4. The predicted molar refractivity (Wildman–Crippen MR) is 92.3 cm³/mol. The lowest BCUT2D eigenvalue weighted by Gasteiger charge is -2.18. The Morgan fingerprint density at radius 1 is 1.20 bits per heavy atom. The van der Waals surface area contributed by atoms with Crippen molar-refractivity contribution in [2.75, 3.05) is 31.1 Å². The summed E-state index contributed by atoms with van der Waals surface area (Å²) in [7, 11) is 0. The molecule has 3 amide bonds. The van der Waals surface area contributed by atoms with Crippen molar-refractivity contribution in [1.82, 2.24) is 31.1 Å². The highest BCUT2D eigenvalue weighted by atomic mass is 16.2. The molecule has 0 aromatic carbocycles. The van der Waals surface area contributed by atoms with E-state index in [1.54, 1.807) is 12.3 Å². The molecule has 0 saturated carbocycles. The van der Waals surface area contributed by atoms with Gasteiger partial charge in [-0.15, -0.1) is 0 Å². The highest BCUT2D eigenvalue weighted by Gasteiger charge is 2.24. The molecule has 2 aromatic rings. The van der Waals surface area contributed by atoms with Crippen molar-refractivity contribution in [2.45, 2.75) is 12.5 Å². The highest BCUT2D eigenvalue weighted by Crippen LogP contribution is 2.17. The van der Waals surface area contributed by atoms with Crippen molar-refractivity contribution < 1.29 is 9.59 Å². The van der Waals surface area contributed by atoms with Crippen LogP contribution in [0.5, 0.6) is 0 Å². The molecule has 1 fully saturated rings. The molecule has 3 rings (SSSR count). The first-order chi connectivity index (χ1) is 12.2. The molecular formula is C16H21N7O2. The molecule has 0 aliphatic carbocycles. The molecule has 1 atom stereocenters. The van der Waals surface area contributed by atoms with Crippen molar-refractivity contribution in [3.05, 3.63) is 42.4 Å². The minimum Gasteiger partial charge on any atom is -0.354 e. The first kappa shape index (κ1) is 16.7. The molecule has 2 aromatic heterocycles. The van der Waals surface area contributed by atoms with Crippen LogP contribution in [0.3, 0.4) is 0 Å². The normalized spacial score (nSPS) is 16.5. The smallest absolute Gasteiger partial charge is 0.315 e. The summed E-state index contributed by atoms with van der Waals surface area (Å²) in [5.41, 5.74) is 0.394. The molecule has 3 heterocycles. The average Bonchev–Trinajstić information content (AvgIpc) is 3.31. The summed E-state index contributed by atoms with van der Waals surface area (Å²) in [6.07, 6.45) is 4.15. The van der Waals surface area contributed by atoms with Crippen molar-refractivity contribution in [2.24, 2.45) is 0 Å². The maximum atomic E-state index is 11.9. The molecule has 25 heavy (non-hydrogen) atoms. The minimum atomic E-state index is -0.249. The van der Waals surface area contributed by atoms with Crippen LogP contribution in [0, 0.1) is 0 Å². The quantitative estimate of drug-likeness (QED) is 0.556. The molecule has 1 aliphatic heterocycles. The third kappa shape index (κ3) is 4.69. The topological polar surface area (TPSA) is 115 Å². The number of carbonyl (C=O) groups excluding carboxylic acids is 2. The number of amides is 3. The van der Waals surface area contributed by atoms with E-state index in [1.807, 2.05) is 18.2 Å².